The van der Waals surface area contributed by atoms with Crippen molar-refractivity contribution in [3.05, 3.63) is 47.5 Å². The Labute approximate surface area is 123 Å². The van der Waals surface area contributed by atoms with Crippen molar-refractivity contribution < 1.29 is 24.2 Å². The summed E-state index contributed by atoms with van der Waals surface area (Å²) in [6.45, 7) is 1.30. The molecule has 1 aliphatic rings. The lowest BCUT2D eigenvalue weighted by Crippen LogP contribution is -2.25. The zero-order valence-electron chi connectivity index (χ0n) is 11.8. The van der Waals surface area contributed by atoms with E-state index in [1.807, 2.05) is 30.3 Å². The van der Waals surface area contributed by atoms with Crippen LogP contribution in [0, 0.1) is 0 Å². The van der Waals surface area contributed by atoms with Crippen LogP contribution >= 0.6 is 0 Å². The first kappa shape index (κ1) is 15.3. The topological polar surface area (TPSA) is 72.8 Å². The van der Waals surface area contributed by atoms with E-state index in [0.29, 0.717) is 12.0 Å². The summed E-state index contributed by atoms with van der Waals surface area (Å²) in [6.07, 6.45) is 1.36. The van der Waals surface area contributed by atoms with E-state index in [1.165, 1.54) is 18.6 Å². The first-order valence-electron chi connectivity index (χ1n) is 6.87. The summed E-state index contributed by atoms with van der Waals surface area (Å²) in [5.41, 5.74) is 1.50. The van der Waals surface area contributed by atoms with E-state index in [4.69, 9.17) is 4.74 Å². The lowest BCUT2D eigenvalue weighted by atomic mass is 10.0. The second kappa shape index (κ2) is 7.04. The van der Waals surface area contributed by atoms with Gasteiger partial charge in [-0.05, 0) is 24.8 Å². The first-order valence-corrected chi connectivity index (χ1v) is 6.87. The molecule has 2 unspecified atom stereocenters. The Balaban J connectivity index is 1.95. The van der Waals surface area contributed by atoms with Crippen LogP contribution in [-0.4, -0.2) is 29.4 Å². The van der Waals surface area contributed by atoms with Crippen LogP contribution in [0.1, 0.15) is 25.3 Å². The Morgan fingerprint density at radius 1 is 1.38 bits per heavy atom. The van der Waals surface area contributed by atoms with Crippen LogP contribution in [0.5, 0.6) is 0 Å². The number of esters is 2. The highest BCUT2D eigenvalue weighted by Crippen LogP contribution is 2.23. The smallest absolute Gasteiger partial charge is 0.333 e. The van der Waals surface area contributed by atoms with Crippen molar-refractivity contribution in [1.82, 2.24) is 0 Å². The van der Waals surface area contributed by atoms with Gasteiger partial charge >= 0.3 is 11.9 Å². The summed E-state index contributed by atoms with van der Waals surface area (Å²) in [7, 11) is 0. The van der Waals surface area contributed by atoms with Gasteiger partial charge in [-0.15, -0.1) is 0 Å². The molecule has 0 spiro atoms. The summed E-state index contributed by atoms with van der Waals surface area (Å²) < 4.78 is 9.83. The predicted molar refractivity (Wildman–Crippen MR) is 75.1 cm³/mol. The largest absolute Gasteiger partial charge is 0.458 e. The lowest BCUT2D eigenvalue weighted by Gasteiger charge is -2.19. The average molecular weight is 290 g/mol. The SMILES string of the molecule is CC(=O)OC(CCCc1ccccc1)C1=CC(=O)OC1O. The van der Waals surface area contributed by atoms with E-state index < -0.39 is 24.3 Å². The molecular weight excluding hydrogens is 272 g/mol. The summed E-state index contributed by atoms with van der Waals surface area (Å²) in [5, 5.41) is 9.66. The van der Waals surface area contributed by atoms with Gasteiger partial charge in [-0.25, -0.2) is 4.79 Å². The van der Waals surface area contributed by atoms with Gasteiger partial charge < -0.3 is 14.6 Å². The Kier molecular flexibility index (Phi) is 5.11. The number of hydrogen-bond acceptors (Lipinski definition) is 5. The molecule has 5 nitrogen and oxygen atoms in total. The van der Waals surface area contributed by atoms with Crippen LogP contribution in [0.4, 0.5) is 0 Å². The number of hydrogen-bond donors (Lipinski definition) is 1. The van der Waals surface area contributed by atoms with E-state index in [-0.39, 0.29) is 0 Å². The summed E-state index contributed by atoms with van der Waals surface area (Å²) >= 11 is 0. The molecule has 5 heteroatoms. The molecule has 1 aromatic rings. The fourth-order valence-electron chi connectivity index (χ4n) is 2.30. The van der Waals surface area contributed by atoms with Crippen molar-refractivity contribution in [2.75, 3.05) is 0 Å². The van der Waals surface area contributed by atoms with Gasteiger partial charge in [0.2, 0.25) is 6.29 Å². The normalized spacial score (nSPS) is 18.9. The van der Waals surface area contributed by atoms with Crippen LogP contribution in [0.25, 0.3) is 0 Å². The minimum absolute atomic E-state index is 0.309. The van der Waals surface area contributed by atoms with Crippen LogP contribution in [0.15, 0.2) is 42.0 Å². The Morgan fingerprint density at radius 3 is 2.67 bits per heavy atom. The minimum Gasteiger partial charge on any atom is -0.458 e. The highest BCUT2D eigenvalue weighted by Gasteiger charge is 2.31. The maximum absolute atomic E-state index is 11.2. The molecule has 1 aliphatic heterocycles. The molecule has 0 saturated heterocycles. The van der Waals surface area contributed by atoms with Crippen molar-refractivity contribution in [1.29, 1.82) is 0 Å². The van der Waals surface area contributed by atoms with Gasteiger partial charge in [0.1, 0.15) is 6.10 Å². The molecule has 1 N–H and O–H groups in total. The zero-order valence-corrected chi connectivity index (χ0v) is 11.8. The molecule has 2 rings (SSSR count). The molecular formula is C16H18O5. The maximum Gasteiger partial charge on any atom is 0.333 e. The first-order chi connectivity index (χ1) is 10.1. The van der Waals surface area contributed by atoms with Crippen LogP contribution in [0.2, 0.25) is 0 Å². The number of carbonyl (C=O) groups excluding carboxylic acids is 2. The minimum atomic E-state index is -1.32. The van der Waals surface area contributed by atoms with Gasteiger partial charge in [-0.2, -0.15) is 0 Å². The molecule has 1 heterocycles. The highest BCUT2D eigenvalue weighted by molar-refractivity contribution is 5.86. The third-order valence-electron chi connectivity index (χ3n) is 3.25. The van der Waals surface area contributed by atoms with Crippen molar-refractivity contribution in [2.45, 2.75) is 38.6 Å². The molecule has 2 atom stereocenters. The summed E-state index contributed by atoms with van der Waals surface area (Å²) in [4.78, 5) is 22.3. The van der Waals surface area contributed by atoms with Crippen molar-refractivity contribution in [2.24, 2.45) is 0 Å². The quantitative estimate of drug-likeness (QED) is 0.808. The second-order valence-electron chi connectivity index (χ2n) is 4.91. The van der Waals surface area contributed by atoms with Crippen LogP contribution < -0.4 is 0 Å². The number of ether oxygens (including phenoxy) is 2. The standard InChI is InChI=1S/C16H18O5/c1-11(17)20-14(13-10-15(18)21-16(13)19)9-5-8-12-6-3-2-4-7-12/h2-4,6-7,10,14,16,19H,5,8-9H2,1H3. The molecule has 0 aliphatic carbocycles. The fraction of sp³-hybridized carbons (Fsp3) is 0.375. The Hall–Kier alpha value is -2.14. The molecule has 1 aromatic carbocycles. The second-order valence-corrected chi connectivity index (χ2v) is 4.91. The predicted octanol–water partition coefficient (Wildman–Crippen LogP) is 1.74. The van der Waals surface area contributed by atoms with Gasteiger partial charge in [-0.3, -0.25) is 4.79 Å². The maximum atomic E-state index is 11.2. The monoisotopic (exact) mass is 290 g/mol. The molecule has 0 amide bonds. The van der Waals surface area contributed by atoms with Crippen molar-refractivity contribution in [3.8, 4) is 0 Å². The van der Waals surface area contributed by atoms with E-state index in [0.717, 1.165) is 12.8 Å². The number of cyclic esters (lactones) is 1. The molecule has 0 fully saturated rings. The molecule has 0 aromatic heterocycles. The van der Waals surface area contributed by atoms with Crippen LogP contribution in [0.3, 0.4) is 0 Å². The van der Waals surface area contributed by atoms with E-state index >= 15 is 0 Å². The van der Waals surface area contributed by atoms with Gasteiger partial charge in [-0.1, -0.05) is 30.3 Å². The number of rotatable bonds is 6. The van der Waals surface area contributed by atoms with E-state index in [9.17, 15) is 14.7 Å². The number of aliphatic hydroxyl groups excluding tert-OH is 1. The van der Waals surface area contributed by atoms with E-state index in [1.54, 1.807) is 0 Å². The van der Waals surface area contributed by atoms with Crippen molar-refractivity contribution >= 4 is 11.9 Å². The van der Waals surface area contributed by atoms with Crippen molar-refractivity contribution in [3.63, 3.8) is 0 Å². The Bertz CT molecular complexity index is 535. The van der Waals surface area contributed by atoms with E-state index in [2.05, 4.69) is 4.74 Å². The number of aryl methyl sites for hydroxylation is 1. The molecule has 21 heavy (non-hydrogen) atoms. The number of aliphatic hydroxyl groups is 1. The molecule has 112 valence electrons. The molecule has 0 radical (unpaired) electrons. The van der Waals surface area contributed by atoms with Gasteiger partial charge in [0, 0.05) is 18.6 Å². The lowest BCUT2D eigenvalue weighted by molar-refractivity contribution is -0.153. The third-order valence-corrected chi connectivity index (χ3v) is 3.25. The van der Waals surface area contributed by atoms with Gasteiger partial charge in [0.05, 0.1) is 0 Å². The van der Waals surface area contributed by atoms with Gasteiger partial charge in [0.25, 0.3) is 0 Å². The Morgan fingerprint density at radius 2 is 2.10 bits per heavy atom. The summed E-state index contributed by atoms with van der Waals surface area (Å²) in [5.74, 6) is -1.06. The fourth-order valence-corrected chi connectivity index (χ4v) is 2.30. The number of benzene rings is 1. The van der Waals surface area contributed by atoms with Crippen LogP contribution in [-0.2, 0) is 25.5 Å². The average Bonchev–Trinajstić information content (AvgIpc) is 2.77. The zero-order chi connectivity index (χ0) is 15.2. The third kappa shape index (κ3) is 4.43. The molecule has 0 bridgehead atoms. The highest BCUT2D eigenvalue weighted by atomic mass is 16.6. The van der Waals surface area contributed by atoms with Gasteiger partial charge in [0.15, 0.2) is 0 Å². The summed E-state index contributed by atoms with van der Waals surface area (Å²) in [6, 6.07) is 9.94. The molecule has 0 saturated carbocycles. The number of carbonyl (C=O) groups is 2.